The van der Waals surface area contributed by atoms with E-state index in [2.05, 4.69) is 20.3 Å². The van der Waals surface area contributed by atoms with Crippen LogP contribution in [0.25, 0.3) is 11.0 Å². The number of halogens is 3. The first kappa shape index (κ1) is 19.8. The van der Waals surface area contributed by atoms with Gasteiger partial charge in [-0.05, 0) is 25.0 Å². The van der Waals surface area contributed by atoms with Gasteiger partial charge >= 0.3 is 0 Å². The molecule has 1 atom stereocenters. The van der Waals surface area contributed by atoms with Crippen LogP contribution in [-0.4, -0.2) is 25.4 Å². The fourth-order valence-corrected chi connectivity index (χ4v) is 3.00. The van der Waals surface area contributed by atoms with E-state index in [1.807, 2.05) is 25.3 Å². The number of aryl methyl sites for hydroxylation is 1. The number of hydrogen-bond acceptors (Lipinski definition) is 4. The Hall–Kier alpha value is -2.97. The van der Waals surface area contributed by atoms with Crippen molar-refractivity contribution in [2.45, 2.75) is 39.8 Å². The summed E-state index contributed by atoms with van der Waals surface area (Å²) in [7, 11) is 0. The van der Waals surface area contributed by atoms with E-state index in [0.29, 0.717) is 17.9 Å². The van der Waals surface area contributed by atoms with E-state index >= 15 is 0 Å². The molecule has 6 nitrogen and oxygen atoms in total. The molecule has 1 amide bonds. The Morgan fingerprint density at radius 1 is 1.21 bits per heavy atom. The first-order chi connectivity index (χ1) is 13.3. The van der Waals surface area contributed by atoms with Gasteiger partial charge in [0.05, 0.1) is 29.5 Å². The van der Waals surface area contributed by atoms with Crippen LogP contribution in [0.5, 0.6) is 0 Å². The minimum atomic E-state index is -2.75. The Morgan fingerprint density at radius 3 is 2.54 bits per heavy atom. The van der Waals surface area contributed by atoms with E-state index in [4.69, 9.17) is 0 Å². The standard InChI is InChI=1S/C19H20F3N5O/c1-4-27-15-6-5-11(20)7-12(15)25-18(27)16(10(2)3)26-19(28)14-9-23-13(8-24-14)17(21)22/h5-10,16-17H,4H2,1-3H3,(H,26,28)/t16-/m0/s1. The van der Waals surface area contributed by atoms with Gasteiger partial charge in [0, 0.05) is 12.6 Å². The summed E-state index contributed by atoms with van der Waals surface area (Å²) < 4.78 is 40.7. The van der Waals surface area contributed by atoms with Crippen LogP contribution in [0.1, 0.15) is 55.2 Å². The summed E-state index contributed by atoms with van der Waals surface area (Å²) in [5.74, 6) is -0.389. The van der Waals surface area contributed by atoms with Crippen molar-refractivity contribution < 1.29 is 18.0 Å². The molecule has 0 bridgehead atoms. The average molecular weight is 391 g/mol. The molecular weight excluding hydrogens is 371 g/mol. The minimum absolute atomic E-state index is 0.0378. The summed E-state index contributed by atoms with van der Waals surface area (Å²) >= 11 is 0. The number of carbonyl (C=O) groups excluding carboxylic acids is 1. The minimum Gasteiger partial charge on any atom is -0.340 e. The molecule has 1 N–H and O–H groups in total. The van der Waals surface area contributed by atoms with Crippen LogP contribution in [0.4, 0.5) is 13.2 Å². The van der Waals surface area contributed by atoms with Gasteiger partial charge in [0.1, 0.15) is 23.0 Å². The molecule has 0 radical (unpaired) electrons. The van der Waals surface area contributed by atoms with Gasteiger partial charge in [-0.3, -0.25) is 9.78 Å². The summed E-state index contributed by atoms with van der Waals surface area (Å²) in [6.07, 6.45) is -0.849. The molecule has 0 spiro atoms. The Balaban J connectivity index is 1.93. The highest BCUT2D eigenvalue weighted by molar-refractivity contribution is 5.92. The molecule has 2 aromatic heterocycles. The molecule has 0 aliphatic rings. The van der Waals surface area contributed by atoms with Crippen molar-refractivity contribution in [3.63, 3.8) is 0 Å². The third-order valence-electron chi connectivity index (χ3n) is 4.42. The van der Waals surface area contributed by atoms with Crippen molar-refractivity contribution in [3.8, 4) is 0 Å². The maximum Gasteiger partial charge on any atom is 0.281 e. The van der Waals surface area contributed by atoms with Crippen molar-refractivity contribution in [2.75, 3.05) is 0 Å². The third-order valence-corrected chi connectivity index (χ3v) is 4.42. The van der Waals surface area contributed by atoms with Crippen molar-refractivity contribution >= 4 is 16.9 Å². The lowest BCUT2D eigenvalue weighted by Gasteiger charge is -2.22. The van der Waals surface area contributed by atoms with Crippen LogP contribution in [-0.2, 0) is 6.54 Å². The second-order valence-corrected chi connectivity index (χ2v) is 6.67. The summed E-state index contributed by atoms with van der Waals surface area (Å²) in [4.78, 5) is 24.4. The van der Waals surface area contributed by atoms with Gasteiger partial charge in [0.25, 0.3) is 12.3 Å². The van der Waals surface area contributed by atoms with Crippen LogP contribution in [0.2, 0.25) is 0 Å². The Morgan fingerprint density at radius 2 is 1.96 bits per heavy atom. The molecule has 0 saturated carbocycles. The average Bonchev–Trinajstić information content (AvgIpc) is 3.02. The zero-order valence-corrected chi connectivity index (χ0v) is 15.7. The fourth-order valence-electron chi connectivity index (χ4n) is 3.00. The summed E-state index contributed by atoms with van der Waals surface area (Å²) in [5, 5.41) is 2.84. The quantitative estimate of drug-likeness (QED) is 0.688. The van der Waals surface area contributed by atoms with Crippen LogP contribution >= 0.6 is 0 Å². The van der Waals surface area contributed by atoms with E-state index < -0.39 is 24.1 Å². The summed E-state index contributed by atoms with van der Waals surface area (Å²) in [6.45, 7) is 6.34. The fraction of sp³-hybridized carbons (Fsp3) is 0.368. The lowest BCUT2D eigenvalue weighted by Crippen LogP contribution is -2.34. The van der Waals surface area contributed by atoms with Gasteiger partial charge in [0.15, 0.2) is 0 Å². The lowest BCUT2D eigenvalue weighted by atomic mass is 10.0. The van der Waals surface area contributed by atoms with Crippen LogP contribution < -0.4 is 5.32 Å². The van der Waals surface area contributed by atoms with E-state index in [0.717, 1.165) is 17.9 Å². The Labute approximate surface area is 159 Å². The number of alkyl halides is 2. The van der Waals surface area contributed by atoms with Crippen molar-refractivity contribution in [3.05, 3.63) is 53.6 Å². The van der Waals surface area contributed by atoms with Gasteiger partial charge in [0.2, 0.25) is 0 Å². The van der Waals surface area contributed by atoms with E-state index in [1.165, 1.54) is 12.1 Å². The highest BCUT2D eigenvalue weighted by Gasteiger charge is 2.26. The number of aromatic nitrogens is 4. The number of amides is 1. The number of imidazole rings is 1. The van der Waals surface area contributed by atoms with E-state index in [-0.39, 0.29) is 17.4 Å². The number of fused-ring (bicyclic) bond motifs is 1. The van der Waals surface area contributed by atoms with Crippen LogP contribution in [0.15, 0.2) is 30.6 Å². The van der Waals surface area contributed by atoms with Gasteiger partial charge in [-0.2, -0.15) is 0 Å². The van der Waals surface area contributed by atoms with Crippen LogP contribution in [0.3, 0.4) is 0 Å². The van der Waals surface area contributed by atoms with E-state index in [9.17, 15) is 18.0 Å². The summed E-state index contributed by atoms with van der Waals surface area (Å²) in [6, 6.07) is 3.87. The number of nitrogens with zero attached hydrogens (tertiary/aromatic N) is 4. The number of rotatable bonds is 6. The normalized spacial score (nSPS) is 12.7. The smallest absolute Gasteiger partial charge is 0.281 e. The van der Waals surface area contributed by atoms with Gasteiger partial charge < -0.3 is 9.88 Å². The highest BCUT2D eigenvalue weighted by Crippen LogP contribution is 2.26. The molecule has 0 saturated heterocycles. The van der Waals surface area contributed by atoms with Crippen molar-refractivity contribution in [2.24, 2.45) is 5.92 Å². The molecule has 0 unspecified atom stereocenters. The van der Waals surface area contributed by atoms with Gasteiger partial charge in [-0.25, -0.2) is 23.1 Å². The number of carbonyl (C=O) groups is 1. The Bertz CT molecular complexity index is 985. The first-order valence-corrected chi connectivity index (χ1v) is 8.88. The van der Waals surface area contributed by atoms with Gasteiger partial charge in [-0.1, -0.05) is 13.8 Å². The molecule has 148 valence electrons. The van der Waals surface area contributed by atoms with Crippen molar-refractivity contribution in [1.29, 1.82) is 0 Å². The first-order valence-electron chi connectivity index (χ1n) is 8.88. The number of hydrogen-bond donors (Lipinski definition) is 1. The molecule has 3 aromatic rings. The third kappa shape index (κ3) is 3.83. The molecular formula is C19H20F3N5O. The SMILES string of the molecule is CCn1c([C@@H](NC(=O)c2cnc(C(F)F)cn2)C(C)C)nc2cc(F)ccc21. The molecule has 28 heavy (non-hydrogen) atoms. The van der Waals surface area contributed by atoms with Crippen molar-refractivity contribution in [1.82, 2.24) is 24.8 Å². The molecule has 0 aliphatic heterocycles. The monoisotopic (exact) mass is 391 g/mol. The molecule has 2 heterocycles. The zero-order chi connectivity index (χ0) is 20.4. The van der Waals surface area contributed by atoms with Crippen LogP contribution in [0, 0.1) is 11.7 Å². The second-order valence-electron chi connectivity index (χ2n) is 6.67. The molecule has 0 fully saturated rings. The lowest BCUT2D eigenvalue weighted by molar-refractivity contribution is 0.0915. The predicted octanol–water partition coefficient (Wildman–Crippen LogP) is 4.05. The molecule has 3 rings (SSSR count). The highest BCUT2D eigenvalue weighted by atomic mass is 19.3. The number of nitrogens with one attached hydrogen (secondary N) is 1. The van der Waals surface area contributed by atoms with Gasteiger partial charge in [-0.15, -0.1) is 0 Å². The largest absolute Gasteiger partial charge is 0.340 e. The zero-order valence-electron chi connectivity index (χ0n) is 15.7. The maximum atomic E-state index is 13.6. The predicted molar refractivity (Wildman–Crippen MR) is 97.4 cm³/mol. The number of benzene rings is 1. The Kier molecular flexibility index (Phi) is 5.62. The van der Waals surface area contributed by atoms with E-state index in [1.54, 1.807) is 6.07 Å². The summed E-state index contributed by atoms with van der Waals surface area (Å²) in [5.41, 5.74) is 0.699. The molecule has 0 aliphatic carbocycles. The second kappa shape index (κ2) is 7.95. The maximum absolute atomic E-state index is 13.6. The topological polar surface area (TPSA) is 72.7 Å². The molecule has 9 heteroatoms. The molecule has 1 aromatic carbocycles.